The van der Waals surface area contributed by atoms with Crippen LogP contribution in [0.15, 0.2) is 28.3 Å². The molecule has 2 aliphatic heterocycles. The van der Waals surface area contributed by atoms with Crippen molar-refractivity contribution in [1.82, 2.24) is 10.2 Å². The summed E-state index contributed by atoms with van der Waals surface area (Å²) in [5, 5.41) is 2.76. The van der Waals surface area contributed by atoms with E-state index in [-0.39, 0.29) is 35.7 Å². The fourth-order valence-corrected chi connectivity index (χ4v) is 3.33. The van der Waals surface area contributed by atoms with Crippen molar-refractivity contribution in [3.8, 4) is 0 Å². The predicted octanol–water partition coefficient (Wildman–Crippen LogP) is 0.332. The molecule has 0 aliphatic carbocycles. The van der Waals surface area contributed by atoms with E-state index in [2.05, 4.69) is 9.71 Å². The van der Waals surface area contributed by atoms with Crippen LogP contribution in [0.1, 0.15) is 26.7 Å². The number of carbonyl (C=O) groups excluding carboxylic acids is 2. The van der Waals surface area contributed by atoms with Gasteiger partial charge in [-0.05, 0) is 25.0 Å². The molecule has 0 saturated carbocycles. The second kappa shape index (κ2) is 7.61. The summed E-state index contributed by atoms with van der Waals surface area (Å²) >= 11 is 0. The Bertz CT molecular complexity index is 705. The van der Waals surface area contributed by atoms with E-state index in [9.17, 15) is 18.0 Å². The molecule has 132 valence electrons. The molecule has 0 bridgehead atoms. The molecular weight excluding hydrogens is 334 g/mol. The van der Waals surface area contributed by atoms with Crippen molar-refractivity contribution in [2.75, 3.05) is 18.9 Å². The molecule has 0 fully saturated rings. The first kappa shape index (κ1) is 18.2. The normalized spacial score (nSPS) is 18.5. The Kier molecular flexibility index (Phi) is 5.76. The van der Waals surface area contributed by atoms with Crippen molar-refractivity contribution >= 4 is 27.7 Å². The van der Waals surface area contributed by atoms with Gasteiger partial charge in [-0.1, -0.05) is 13.8 Å². The number of rotatable bonds is 6. The van der Waals surface area contributed by atoms with Gasteiger partial charge in [0.05, 0.1) is 5.75 Å². The van der Waals surface area contributed by atoms with Crippen molar-refractivity contribution in [3.05, 3.63) is 23.9 Å². The van der Waals surface area contributed by atoms with Gasteiger partial charge in [0.1, 0.15) is 5.57 Å². The number of carbonyl (C=O) groups is 2. The van der Waals surface area contributed by atoms with Crippen LogP contribution in [0.25, 0.3) is 0 Å². The monoisotopic (exact) mass is 355 g/mol. The summed E-state index contributed by atoms with van der Waals surface area (Å²) in [6.45, 7) is 3.71. The zero-order valence-corrected chi connectivity index (χ0v) is 14.5. The summed E-state index contributed by atoms with van der Waals surface area (Å²) in [5.74, 6) is -1.24. The first-order valence-electron chi connectivity index (χ1n) is 7.81. The molecule has 1 N–H and O–H groups in total. The molecule has 0 saturated heterocycles. The van der Waals surface area contributed by atoms with Crippen molar-refractivity contribution in [1.29, 1.82) is 0 Å². The smallest absolute Gasteiger partial charge is 0.342 e. The second-order valence-electron chi connectivity index (χ2n) is 5.47. The van der Waals surface area contributed by atoms with Gasteiger partial charge in [-0.3, -0.25) is 4.79 Å². The number of allylic oxidation sites excluding steroid dienone is 2. The molecule has 2 aliphatic rings. The number of fused-ring (bicyclic) bond motifs is 1. The van der Waals surface area contributed by atoms with Crippen molar-refractivity contribution in [3.63, 3.8) is 0 Å². The van der Waals surface area contributed by atoms with Gasteiger partial charge in [-0.25, -0.2) is 13.2 Å². The number of hydrogen-bond donors (Lipinski definition) is 1. The standard InChI is InChI=1S/C15H21N3O5S/c1-3-11(4-2)16-13(19)10-23-15(20)12-6-5-7-18-8-9-24(21,22)17-14(12)18/h5-7,11H,3-4,8-10H2,1-2H3,(H,16,19). The van der Waals surface area contributed by atoms with Gasteiger partial charge in [-0.2, -0.15) is 0 Å². The SMILES string of the molecule is CCC(CC)NC(=O)COC(=O)C1=CC=CN2CCS(=O)(=O)N=C12. The van der Waals surface area contributed by atoms with Crippen molar-refractivity contribution in [2.24, 2.45) is 4.40 Å². The molecule has 0 unspecified atom stereocenters. The summed E-state index contributed by atoms with van der Waals surface area (Å²) in [6.07, 6.45) is 6.25. The van der Waals surface area contributed by atoms with E-state index in [1.165, 1.54) is 6.08 Å². The summed E-state index contributed by atoms with van der Waals surface area (Å²) in [4.78, 5) is 25.5. The van der Waals surface area contributed by atoms with Crippen molar-refractivity contribution in [2.45, 2.75) is 32.7 Å². The minimum Gasteiger partial charge on any atom is -0.452 e. The highest BCUT2D eigenvalue weighted by Crippen LogP contribution is 2.18. The predicted molar refractivity (Wildman–Crippen MR) is 88.6 cm³/mol. The van der Waals surface area contributed by atoms with E-state index < -0.39 is 22.6 Å². The molecule has 0 aromatic carbocycles. The number of nitrogens with zero attached hydrogens (tertiary/aromatic N) is 2. The Morgan fingerprint density at radius 1 is 1.38 bits per heavy atom. The van der Waals surface area contributed by atoms with E-state index in [0.717, 1.165) is 12.8 Å². The number of nitrogens with one attached hydrogen (secondary N) is 1. The molecule has 2 rings (SSSR count). The zero-order chi connectivity index (χ0) is 17.7. The largest absolute Gasteiger partial charge is 0.452 e. The lowest BCUT2D eigenvalue weighted by molar-refractivity contribution is -0.144. The Morgan fingerprint density at radius 3 is 2.75 bits per heavy atom. The summed E-state index contributed by atoms with van der Waals surface area (Å²) in [6, 6.07) is 0.0383. The number of amidine groups is 1. The Balaban J connectivity index is 2.01. The van der Waals surface area contributed by atoms with E-state index in [1.807, 2.05) is 13.8 Å². The van der Waals surface area contributed by atoms with Crippen LogP contribution in [0.5, 0.6) is 0 Å². The molecule has 9 heteroatoms. The molecular formula is C15H21N3O5S. The Hall–Kier alpha value is -2.16. The maximum absolute atomic E-state index is 12.2. The van der Waals surface area contributed by atoms with Crippen LogP contribution in [0.2, 0.25) is 0 Å². The summed E-state index contributed by atoms with van der Waals surface area (Å²) < 4.78 is 31.9. The number of amides is 1. The van der Waals surface area contributed by atoms with Gasteiger partial charge < -0.3 is 15.0 Å². The average Bonchev–Trinajstić information content (AvgIpc) is 2.56. The van der Waals surface area contributed by atoms with Gasteiger partial charge in [0.25, 0.3) is 15.9 Å². The third-order valence-corrected chi connectivity index (χ3v) is 4.91. The van der Waals surface area contributed by atoms with Gasteiger partial charge in [0, 0.05) is 18.8 Å². The Morgan fingerprint density at radius 2 is 2.08 bits per heavy atom. The zero-order valence-electron chi connectivity index (χ0n) is 13.7. The molecule has 24 heavy (non-hydrogen) atoms. The molecule has 0 aromatic rings. The minimum atomic E-state index is -3.59. The summed E-state index contributed by atoms with van der Waals surface area (Å²) in [7, 11) is -3.59. The molecule has 8 nitrogen and oxygen atoms in total. The van der Waals surface area contributed by atoms with E-state index in [1.54, 1.807) is 17.2 Å². The maximum Gasteiger partial charge on any atom is 0.342 e. The van der Waals surface area contributed by atoms with Crippen LogP contribution in [-0.2, 0) is 24.3 Å². The lowest BCUT2D eigenvalue weighted by Gasteiger charge is -2.28. The van der Waals surface area contributed by atoms with E-state index >= 15 is 0 Å². The minimum absolute atomic E-state index is 0.0242. The fraction of sp³-hybridized carbons (Fsp3) is 0.533. The van der Waals surface area contributed by atoms with E-state index in [0.29, 0.717) is 0 Å². The molecule has 0 aromatic heterocycles. The van der Waals surface area contributed by atoms with Crippen LogP contribution < -0.4 is 5.32 Å². The highest BCUT2D eigenvalue weighted by Gasteiger charge is 2.31. The molecule has 0 radical (unpaired) electrons. The number of hydrogen-bond acceptors (Lipinski definition) is 6. The number of sulfonamides is 1. The molecule has 1 amide bonds. The van der Waals surface area contributed by atoms with Gasteiger partial charge >= 0.3 is 5.97 Å². The summed E-state index contributed by atoms with van der Waals surface area (Å²) in [5.41, 5.74) is 0.0242. The lowest BCUT2D eigenvalue weighted by atomic mass is 10.1. The van der Waals surface area contributed by atoms with Gasteiger partial charge in [0.15, 0.2) is 12.4 Å². The topological polar surface area (TPSA) is 105 Å². The molecule has 0 spiro atoms. The third kappa shape index (κ3) is 4.44. The van der Waals surface area contributed by atoms with Gasteiger partial charge in [0.2, 0.25) is 0 Å². The van der Waals surface area contributed by atoms with Crippen molar-refractivity contribution < 1.29 is 22.7 Å². The van der Waals surface area contributed by atoms with Crippen LogP contribution >= 0.6 is 0 Å². The third-order valence-electron chi connectivity index (χ3n) is 3.76. The average molecular weight is 355 g/mol. The fourth-order valence-electron chi connectivity index (χ4n) is 2.35. The lowest BCUT2D eigenvalue weighted by Crippen LogP contribution is -2.41. The Labute approximate surface area is 141 Å². The highest BCUT2D eigenvalue weighted by molar-refractivity contribution is 7.90. The van der Waals surface area contributed by atoms with Crippen LogP contribution in [-0.4, -0.2) is 56.0 Å². The van der Waals surface area contributed by atoms with Gasteiger partial charge in [-0.15, -0.1) is 4.40 Å². The van der Waals surface area contributed by atoms with Crippen LogP contribution in [0, 0.1) is 0 Å². The highest BCUT2D eigenvalue weighted by atomic mass is 32.2. The van der Waals surface area contributed by atoms with E-state index in [4.69, 9.17) is 4.74 Å². The molecule has 0 atom stereocenters. The van der Waals surface area contributed by atoms with Crippen LogP contribution in [0.4, 0.5) is 0 Å². The van der Waals surface area contributed by atoms with Crippen LogP contribution in [0.3, 0.4) is 0 Å². The first-order valence-corrected chi connectivity index (χ1v) is 9.41. The quantitative estimate of drug-likeness (QED) is 0.689. The molecule has 2 heterocycles. The number of ether oxygens (including phenoxy) is 1. The maximum atomic E-state index is 12.2. The second-order valence-corrected chi connectivity index (χ2v) is 7.23. The number of esters is 1. The first-order chi connectivity index (χ1) is 11.4.